The van der Waals surface area contributed by atoms with Crippen LogP contribution in [0, 0.1) is 5.82 Å². The summed E-state index contributed by atoms with van der Waals surface area (Å²) in [4.78, 5) is 0. The van der Waals surface area contributed by atoms with Crippen LogP contribution in [0.1, 0.15) is 11.1 Å². The Bertz CT molecular complexity index is 640. The molecular formula is C16H14BrClFN. The average Bonchev–Trinajstić information content (AvgIpc) is 2.39. The molecule has 0 atom stereocenters. The van der Waals surface area contributed by atoms with E-state index in [1.165, 1.54) is 11.6 Å². The molecule has 0 aliphatic carbocycles. The van der Waals surface area contributed by atoms with Gasteiger partial charge in [-0.15, -0.1) is 0 Å². The summed E-state index contributed by atoms with van der Waals surface area (Å²) in [6.07, 6.45) is 0.648. The summed E-state index contributed by atoms with van der Waals surface area (Å²) < 4.78 is 15.1. The Morgan fingerprint density at radius 2 is 1.95 bits per heavy atom. The first kappa shape index (κ1) is 14.1. The van der Waals surface area contributed by atoms with Crippen molar-refractivity contribution in [2.45, 2.75) is 11.8 Å². The van der Waals surface area contributed by atoms with Crippen LogP contribution in [-0.2, 0) is 11.8 Å². The highest BCUT2D eigenvalue weighted by Gasteiger charge is 2.40. The van der Waals surface area contributed by atoms with Crippen LogP contribution in [0.3, 0.4) is 0 Å². The first-order valence-corrected chi connectivity index (χ1v) is 7.67. The summed E-state index contributed by atoms with van der Waals surface area (Å²) in [5.74, 6) is -0.187. The molecule has 0 saturated carbocycles. The Morgan fingerprint density at radius 1 is 1.20 bits per heavy atom. The van der Waals surface area contributed by atoms with Gasteiger partial charge in [0.2, 0.25) is 0 Å². The van der Waals surface area contributed by atoms with Crippen LogP contribution >= 0.6 is 27.5 Å². The second-order valence-corrected chi connectivity index (χ2v) is 6.57. The number of hydrogen-bond donors (Lipinski definition) is 1. The van der Waals surface area contributed by atoms with E-state index in [0.717, 1.165) is 17.6 Å². The van der Waals surface area contributed by atoms with Gasteiger partial charge in [0.15, 0.2) is 0 Å². The van der Waals surface area contributed by atoms with Crippen molar-refractivity contribution < 1.29 is 4.39 Å². The van der Waals surface area contributed by atoms with Gasteiger partial charge in [0.05, 0.1) is 0 Å². The molecule has 4 heteroatoms. The zero-order valence-electron chi connectivity index (χ0n) is 10.8. The molecule has 1 heterocycles. The van der Waals surface area contributed by atoms with Crippen molar-refractivity contribution in [3.63, 3.8) is 0 Å². The predicted molar refractivity (Wildman–Crippen MR) is 83.8 cm³/mol. The largest absolute Gasteiger partial charge is 0.315 e. The Kier molecular flexibility index (Phi) is 3.85. The van der Waals surface area contributed by atoms with Crippen LogP contribution in [0.5, 0.6) is 0 Å². The Balaban J connectivity index is 1.98. The molecule has 1 aliphatic heterocycles. The molecule has 0 spiro atoms. The van der Waals surface area contributed by atoms with E-state index < -0.39 is 0 Å². The topological polar surface area (TPSA) is 12.0 Å². The molecule has 3 rings (SSSR count). The monoisotopic (exact) mass is 353 g/mol. The molecular weight excluding hydrogens is 341 g/mol. The SMILES string of the molecule is Fc1ccc(Cl)cc1CC1(c2ccccc2Br)CNC1. The highest BCUT2D eigenvalue weighted by Crippen LogP contribution is 2.37. The molecule has 0 aromatic heterocycles. The quantitative estimate of drug-likeness (QED) is 0.865. The molecule has 1 nitrogen and oxygen atoms in total. The maximum absolute atomic E-state index is 14.0. The molecule has 2 aromatic carbocycles. The third-order valence-electron chi connectivity index (χ3n) is 3.91. The standard InChI is InChI=1S/C16H14BrClFN/c17-14-4-2-1-3-13(14)16(9-20-10-16)8-11-7-12(18)5-6-15(11)19/h1-7,20H,8-10H2. The van der Waals surface area contributed by atoms with Gasteiger partial charge in [0.1, 0.15) is 5.82 Å². The van der Waals surface area contributed by atoms with E-state index in [9.17, 15) is 4.39 Å². The van der Waals surface area contributed by atoms with E-state index in [-0.39, 0.29) is 11.2 Å². The molecule has 20 heavy (non-hydrogen) atoms. The van der Waals surface area contributed by atoms with Crippen LogP contribution in [0.2, 0.25) is 5.02 Å². The van der Waals surface area contributed by atoms with Gasteiger partial charge in [-0.25, -0.2) is 4.39 Å². The van der Waals surface area contributed by atoms with Gasteiger partial charge >= 0.3 is 0 Å². The minimum absolute atomic E-state index is 0.0639. The first-order chi connectivity index (χ1) is 9.61. The maximum Gasteiger partial charge on any atom is 0.126 e. The third kappa shape index (κ3) is 2.50. The summed E-state index contributed by atoms with van der Waals surface area (Å²) >= 11 is 9.60. The minimum Gasteiger partial charge on any atom is -0.315 e. The van der Waals surface area contributed by atoms with Crippen molar-refractivity contribution in [3.8, 4) is 0 Å². The fourth-order valence-electron chi connectivity index (χ4n) is 2.77. The third-order valence-corrected chi connectivity index (χ3v) is 4.84. The molecule has 0 bridgehead atoms. The Hall–Kier alpha value is -0.900. The van der Waals surface area contributed by atoms with E-state index in [2.05, 4.69) is 27.3 Å². The molecule has 104 valence electrons. The number of benzene rings is 2. The highest BCUT2D eigenvalue weighted by molar-refractivity contribution is 9.10. The van der Waals surface area contributed by atoms with Gasteiger partial charge in [0.25, 0.3) is 0 Å². The summed E-state index contributed by atoms with van der Waals surface area (Å²) in [6.45, 7) is 1.70. The normalized spacial score (nSPS) is 16.8. The molecule has 0 amide bonds. The summed E-state index contributed by atoms with van der Waals surface area (Å²) in [6, 6.07) is 12.9. The van der Waals surface area contributed by atoms with Gasteiger partial charge in [0, 0.05) is 28.0 Å². The van der Waals surface area contributed by atoms with E-state index >= 15 is 0 Å². The summed E-state index contributed by atoms with van der Waals surface area (Å²) in [7, 11) is 0. The van der Waals surface area contributed by atoms with Crippen molar-refractivity contribution >= 4 is 27.5 Å². The fraction of sp³-hybridized carbons (Fsp3) is 0.250. The van der Waals surface area contributed by atoms with Crippen molar-refractivity contribution in [3.05, 3.63) is 68.9 Å². The number of rotatable bonds is 3. The lowest BCUT2D eigenvalue weighted by Crippen LogP contribution is -2.58. The van der Waals surface area contributed by atoms with Gasteiger partial charge in [-0.05, 0) is 41.8 Å². The molecule has 0 radical (unpaired) electrons. The summed E-state index contributed by atoms with van der Waals surface area (Å²) in [5.41, 5.74) is 1.83. The van der Waals surface area contributed by atoms with Gasteiger partial charge in [-0.3, -0.25) is 0 Å². The lowest BCUT2D eigenvalue weighted by molar-refractivity contribution is 0.271. The van der Waals surface area contributed by atoms with Crippen LogP contribution in [0.15, 0.2) is 46.9 Å². The van der Waals surface area contributed by atoms with Crippen LogP contribution in [0.25, 0.3) is 0 Å². The van der Waals surface area contributed by atoms with Gasteiger partial charge in [-0.1, -0.05) is 45.7 Å². The lowest BCUT2D eigenvalue weighted by atomic mass is 9.71. The summed E-state index contributed by atoms with van der Waals surface area (Å²) in [5, 5.41) is 3.89. The molecule has 1 N–H and O–H groups in total. The average molecular weight is 355 g/mol. The van der Waals surface area contributed by atoms with Crippen LogP contribution in [0.4, 0.5) is 4.39 Å². The van der Waals surface area contributed by atoms with E-state index in [1.54, 1.807) is 12.1 Å². The molecule has 1 fully saturated rings. The highest BCUT2D eigenvalue weighted by atomic mass is 79.9. The van der Waals surface area contributed by atoms with E-state index in [0.29, 0.717) is 17.0 Å². The van der Waals surface area contributed by atoms with Gasteiger partial charge < -0.3 is 5.32 Å². The molecule has 0 unspecified atom stereocenters. The van der Waals surface area contributed by atoms with Crippen LogP contribution < -0.4 is 5.32 Å². The number of nitrogens with one attached hydrogen (secondary N) is 1. The smallest absolute Gasteiger partial charge is 0.126 e. The second kappa shape index (κ2) is 5.47. The molecule has 1 aliphatic rings. The van der Waals surface area contributed by atoms with Crippen LogP contribution in [-0.4, -0.2) is 13.1 Å². The predicted octanol–water partition coefficient (Wildman–Crippen LogP) is 4.33. The lowest BCUT2D eigenvalue weighted by Gasteiger charge is -2.44. The second-order valence-electron chi connectivity index (χ2n) is 5.28. The van der Waals surface area contributed by atoms with Crippen molar-refractivity contribution in [2.24, 2.45) is 0 Å². The maximum atomic E-state index is 14.0. The molecule has 1 saturated heterocycles. The van der Waals surface area contributed by atoms with Crippen molar-refractivity contribution in [2.75, 3.05) is 13.1 Å². The van der Waals surface area contributed by atoms with Gasteiger partial charge in [-0.2, -0.15) is 0 Å². The van der Waals surface area contributed by atoms with Crippen molar-refractivity contribution in [1.82, 2.24) is 5.32 Å². The van der Waals surface area contributed by atoms with Crippen molar-refractivity contribution in [1.29, 1.82) is 0 Å². The number of halogens is 3. The fourth-order valence-corrected chi connectivity index (χ4v) is 3.67. The number of hydrogen-bond acceptors (Lipinski definition) is 1. The minimum atomic E-state index is -0.187. The zero-order valence-corrected chi connectivity index (χ0v) is 13.1. The van der Waals surface area contributed by atoms with E-state index in [1.807, 2.05) is 18.2 Å². The Morgan fingerprint density at radius 3 is 2.60 bits per heavy atom. The zero-order chi connectivity index (χ0) is 14.2. The van der Waals surface area contributed by atoms with E-state index in [4.69, 9.17) is 11.6 Å². The Labute approximate surface area is 131 Å². The first-order valence-electron chi connectivity index (χ1n) is 6.50. The molecule has 2 aromatic rings.